The monoisotopic (exact) mass is 340 g/mol. The highest BCUT2D eigenvalue weighted by Gasteiger charge is 2.16. The topological polar surface area (TPSA) is 79.9 Å². The maximum atomic E-state index is 12.2. The van der Waals surface area contributed by atoms with Gasteiger partial charge in [0.25, 0.3) is 0 Å². The van der Waals surface area contributed by atoms with Crippen molar-refractivity contribution in [3.05, 3.63) is 60.9 Å². The van der Waals surface area contributed by atoms with Crippen LogP contribution < -0.4 is 10.1 Å². The van der Waals surface area contributed by atoms with Gasteiger partial charge in [0.1, 0.15) is 17.8 Å². The zero-order valence-corrected chi connectivity index (χ0v) is 13.8. The third kappa shape index (κ3) is 4.36. The first-order valence-corrected chi connectivity index (χ1v) is 8.24. The summed E-state index contributed by atoms with van der Waals surface area (Å²) < 4.78 is 5.72. The molecule has 1 atom stereocenters. The van der Waals surface area contributed by atoms with E-state index in [9.17, 15) is 4.79 Å². The smallest absolute Gasteiger partial charge is 0.237 e. The largest absolute Gasteiger partial charge is 0.457 e. The average Bonchev–Trinajstić information content (AvgIpc) is 3.10. The molecule has 0 aliphatic rings. The normalized spacial score (nSPS) is 11.7. The van der Waals surface area contributed by atoms with Crippen LogP contribution in [-0.4, -0.2) is 26.3 Å². The summed E-state index contributed by atoms with van der Waals surface area (Å²) in [6.45, 7) is 1.81. The van der Waals surface area contributed by atoms with Gasteiger partial charge in [-0.05, 0) is 43.3 Å². The van der Waals surface area contributed by atoms with Gasteiger partial charge in [0.15, 0.2) is 5.16 Å². The standard InChI is InChI=1S/C17H16N4O2S/c1-12(24-17-18-11-19-21-17)16(22)20-13-7-9-15(10-8-13)23-14-5-3-2-4-6-14/h2-12H,1H3,(H,20,22)(H,18,19,21). The second-order valence-electron chi connectivity index (χ2n) is 4.98. The number of benzene rings is 2. The van der Waals surface area contributed by atoms with E-state index in [1.807, 2.05) is 61.5 Å². The molecule has 7 heteroatoms. The fourth-order valence-corrected chi connectivity index (χ4v) is 2.66. The van der Waals surface area contributed by atoms with Crippen LogP contribution in [-0.2, 0) is 4.79 Å². The lowest BCUT2D eigenvalue weighted by atomic mass is 10.3. The van der Waals surface area contributed by atoms with E-state index in [0.29, 0.717) is 16.6 Å². The molecule has 0 aliphatic heterocycles. The number of amides is 1. The maximum absolute atomic E-state index is 12.2. The minimum Gasteiger partial charge on any atom is -0.457 e. The molecule has 2 aromatic carbocycles. The molecule has 24 heavy (non-hydrogen) atoms. The van der Waals surface area contributed by atoms with E-state index in [2.05, 4.69) is 20.5 Å². The van der Waals surface area contributed by atoms with Crippen LogP contribution >= 0.6 is 11.8 Å². The number of hydrogen-bond acceptors (Lipinski definition) is 5. The van der Waals surface area contributed by atoms with Crippen molar-refractivity contribution in [2.24, 2.45) is 0 Å². The Balaban J connectivity index is 1.56. The third-order valence-electron chi connectivity index (χ3n) is 3.15. The number of carbonyl (C=O) groups excluding carboxylic acids is 1. The molecule has 0 fully saturated rings. The van der Waals surface area contributed by atoms with E-state index in [1.54, 1.807) is 0 Å². The molecular weight excluding hydrogens is 324 g/mol. The third-order valence-corrected chi connectivity index (χ3v) is 4.14. The predicted molar refractivity (Wildman–Crippen MR) is 93.3 cm³/mol. The molecule has 2 N–H and O–H groups in total. The summed E-state index contributed by atoms with van der Waals surface area (Å²) in [6, 6.07) is 16.8. The molecule has 3 aromatic rings. The first kappa shape index (κ1) is 16.1. The fourth-order valence-electron chi connectivity index (χ4n) is 1.95. The van der Waals surface area contributed by atoms with Gasteiger partial charge in [0.2, 0.25) is 5.91 Å². The number of H-pyrrole nitrogens is 1. The van der Waals surface area contributed by atoms with Gasteiger partial charge in [-0.2, -0.15) is 5.10 Å². The molecule has 0 radical (unpaired) electrons. The first-order valence-electron chi connectivity index (χ1n) is 7.36. The lowest BCUT2D eigenvalue weighted by molar-refractivity contribution is -0.115. The van der Waals surface area contributed by atoms with Gasteiger partial charge in [-0.1, -0.05) is 30.0 Å². The molecule has 1 unspecified atom stereocenters. The van der Waals surface area contributed by atoms with E-state index in [-0.39, 0.29) is 11.2 Å². The Kier molecular flexibility index (Phi) is 5.12. The second kappa shape index (κ2) is 7.65. The molecule has 122 valence electrons. The molecule has 0 aliphatic carbocycles. The molecule has 0 saturated heterocycles. The van der Waals surface area contributed by atoms with Gasteiger partial charge in [-0.25, -0.2) is 4.98 Å². The van der Waals surface area contributed by atoms with Crippen LogP contribution in [0.3, 0.4) is 0 Å². The van der Waals surface area contributed by atoms with Crippen molar-refractivity contribution in [2.45, 2.75) is 17.3 Å². The number of aromatic amines is 1. The summed E-state index contributed by atoms with van der Waals surface area (Å²) in [7, 11) is 0. The van der Waals surface area contributed by atoms with Crippen LogP contribution in [0.4, 0.5) is 5.69 Å². The number of hydrogen-bond donors (Lipinski definition) is 2. The minimum absolute atomic E-state index is 0.104. The van der Waals surface area contributed by atoms with Gasteiger partial charge >= 0.3 is 0 Å². The van der Waals surface area contributed by atoms with Gasteiger partial charge in [-0.3, -0.25) is 9.89 Å². The van der Waals surface area contributed by atoms with Crippen molar-refractivity contribution in [3.8, 4) is 11.5 Å². The van der Waals surface area contributed by atoms with Gasteiger partial charge in [0.05, 0.1) is 5.25 Å². The lowest BCUT2D eigenvalue weighted by Gasteiger charge is -2.11. The second-order valence-corrected chi connectivity index (χ2v) is 6.31. The first-order chi connectivity index (χ1) is 11.7. The van der Waals surface area contributed by atoms with Crippen molar-refractivity contribution in [2.75, 3.05) is 5.32 Å². The van der Waals surface area contributed by atoms with Crippen LogP contribution in [0.15, 0.2) is 66.1 Å². The number of ether oxygens (including phenoxy) is 1. The van der Waals surface area contributed by atoms with E-state index >= 15 is 0 Å². The highest BCUT2D eigenvalue weighted by Crippen LogP contribution is 2.24. The molecule has 1 aromatic heterocycles. The lowest BCUT2D eigenvalue weighted by Crippen LogP contribution is -2.22. The molecule has 0 bridgehead atoms. The van der Waals surface area contributed by atoms with Crippen LogP contribution in [0.2, 0.25) is 0 Å². The number of thioether (sulfide) groups is 1. The summed E-state index contributed by atoms with van der Waals surface area (Å²) in [5, 5.41) is 9.67. The quantitative estimate of drug-likeness (QED) is 0.669. The number of nitrogens with zero attached hydrogens (tertiary/aromatic N) is 2. The van der Waals surface area contributed by atoms with Crippen molar-refractivity contribution in [1.82, 2.24) is 15.2 Å². The average molecular weight is 340 g/mol. The Bertz CT molecular complexity index is 776. The van der Waals surface area contributed by atoms with Gasteiger partial charge < -0.3 is 10.1 Å². The van der Waals surface area contributed by atoms with Crippen LogP contribution in [0, 0.1) is 0 Å². The summed E-state index contributed by atoms with van der Waals surface area (Å²) in [4.78, 5) is 16.2. The molecule has 1 amide bonds. The molecule has 1 heterocycles. The summed E-state index contributed by atoms with van der Waals surface area (Å²) >= 11 is 1.32. The van der Waals surface area contributed by atoms with E-state index < -0.39 is 0 Å². The Morgan fingerprint density at radius 3 is 2.50 bits per heavy atom. The Labute approximate surface area is 143 Å². The van der Waals surface area contributed by atoms with E-state index in [0.717, 1.165) is 5.75 Å². The number of carbonyl (C=O) groups is 1. The highest BCUT2D eigenvalue weighted by atomic mass is 32.2. The SMILES string of the molecule is CC(Sc1ncn[nH]1)C(=O)Nc1ccc(Oc2ccccc2)cc1. The Morgan fingerprint density at radius 1 is 1.12 bits per heavy atom. The van der Waals surface area contributed by atoms with Crippen LogP contribution in [0.25, 0.3) is 0 Å². The number of rotatable bonds is 6. The maximum Gasteiger partial charge on any atom is 0.237 e. The van der Waals surface area contributed by atoms with Gasteiger partial charge in [0, 0.05) is 5.69 Å². The van der Waals surface area contributed by atoms with Crippen molar-refractivity contribution >= 4 is 23.4 Å². The summed E-state index contributed by atoms with van der Waals surface area (Å²) in [5.41, 5.74) is 0.713. The van der Waals surface area contributed by atoms with Gasteiger partial charge in [-0.15, -0.1) is 0 Å². The molecule has 0 saturated carbocycles. The highest BCUT2D eigenvalue weighted by molar-refractivity contribution is 8.00. The Hall–Kier alpha value is -2.80. The number of para-hydroxylation sites is 1. The number of aromatic nitrogens is 3. The molecular formula is C17H16N4O2S. The van der Waals surface area contributed by atoms with Crippen molar-refractivity contribution in [1.29, 1.82) is 0 Å². The summed E-state index contributed by atoms with van der Waals surface area (Å²) in [5.74, 6) is 1.38. The predicted octanol–water partition coefficient (Wildman–Crippen LogP) is 3.72. The zero-order chi connectivity index (χ0) is 16.8. The van der Waals surface area contributed by atoms with Crippen molar-refractivity contribution in [3.63, 3.8) is 0 Å². The minimum atomic E-state index is -0.293. The van der Waals surface area contributed by atoms with Crippen LogP contribution in [0.1, 0.15) is 6.92 Å². The van der Waals surface area contributed by atoms with Crippen molar-refractivity contribution < 1.29 is 9.53 Å². The molecule has 3 rings (SSSR count). The molecule has 6 nitrogen and oxygen atoms in total. The molecule has 0 spiro atoms. The number of nitrogens with one attached hydrogen (secondary N) is 2. The zero-order valence-electron chi connectivity index (χ0n) is 13.0. The fraction of sp³-hybridized carbons (Fsp3) is 0.118. The van der Waals surface area contributed by atoms with Crippen LogP contribution in [0.5, 0.6) is 11.5 Å². The summed E-state index contributed by atoms with van der Waals surface area (Å²) in [6.07, 6.45) is 1.42. The van der Waals surface area contributed by atoms with E-state index in [4.69, 9.17) is 4.74 Å². The van der Waals surface area contributed by atoms with E-state index in [1.165, 1.54) is 18.1 Å². The number of anilines is 1. The Morgan fingerprint density at radius 2 is 1.83 bits per heavy atom.